The van der Waals surface area contributed by atoms with Gasteiger partial charge in [-0.1, -0.05) is 25.1 Å². The molecule has 2 aliphatic heterocycles. The number of carbonyl (C=O) groups is 2. The topological polar surface area (TPSA) is 61.9 Å². The maximum atomic E-state index is 13.2. The van der Waals surface area contributed by atoms with E-state index in [-0.39, 0.29) is 30.8 Å². The average molecular weight is 424 g/mol. The SMILES string of the molecule is CCCN(C(=O)C1CCN(C(=O)COc2ccccc2)CC1)C1CCNCC1.Cl. The molecule has 6 nitrogen and oxygen atoms in total. The smallest absolute Gasteiger partial charge is 0.260 e. The lowest BCUT2D eigenvalue weighted by Crippen LogP contribution is -2.51. The van der Waals surface area contributed by atoms with Crippen molar-refractivity contribution in [3.63, 3.8) is 0 Å². The van der Waals surface area contributed by atoms with E-state index in [2.05, 4.69) is 17.1 Å². The molecule has 0 atom stereocenters. The second-order valence-electron chi connectivity index (χ2n) is 7.77. The van der Waals surface area contributed by atoms with E-state index in [1.165, 1.54) is 0 Å². The van der Waals surface area contributed by atoms with Gasteiger partial charge in [-0.2, -0.15) is 0 Å². The predicted molar refractivity (Wildman–Crippen MR) is 116 cm³/mol. The van der Waals surface area contributed by atoms with E-state index in [0.717, 1.165) is 51.7 Å². The second kappa shape index (κ2) is 12.0. The molecule has 0 radical (unpaired) electrons. The van der Waals surface area contributed by atoms with Crippen molar-refractivity contribution in [2.75, 3.05) is 39.3 Å². The summed E-state index contributed by atoms with van der Waals surface area (Å²) < 4.78 is 5.57. The minimum Gasteiger partial charge on any atom is -0.484 e. The first-order chi connectivity index (χ1) is 13.7. The van der Waals surface area contributed by atoms with Crippen LogP contribution in [0.2, 0.25) is 0 Å². The molecule has 2 aliphatic rings. The van der Waals surface area contributed by atoms with Gasteiger partial charge in [-0.3, -0.25) is 9.59 Å². The van der Waals surface area contributed by atoms with Gasteiger partial charge >= 0.3 is 0 Å². The molecule has 3 rings (SSSR count). The van der Waals surface area contributed by atoms with Crippen LogP contribution < -0.4 is 10.1 Å². The summed E-state index contributed by atoms with van der Waals surface area (Å²) in [5, 5.41) is 3.38. The van der Waals surface area contributed by atoms with Crippen LogP contribution in [0.3, 0.4) is 0 Å². The molecular formula is C22H34ClN3O3. The third-order valence-electron chi connectivity index (χ3n) is 5.80. The number of para-hydroxylation sites is 1. The first kappa shape index (κ1) is 23.5. The molecule has 0 aliphatic carbocycles. The van der Waals surface area contributed by atoms with Gasteiger partial charge in [0.2, 0.25) is 5.91 Å². The fourth-order valence-electron chi connectivity index (χ4n) is 4.20. The van der Waals surface area contributed by atoms with Crippen molar-refractivity contribution < 1.29 is 14.3 Å². The van der Waals surface area contributed by atoms with Crippen LogP contribution in [-0.4, -0.2) is 67.0 Å². The van der Waals surface area contributed by atoms with E-state index in [0.29, 0.717) is 30.8 Å². The van der Waals surface area contributed by atoms with Gasteiger partial charge in [-0.25, -0.2) is 0 Å². The Labute approximate surface area is 180 Å². The molecule has 2 saturated heterocycles. The maximum absolute atomic E-state index is 13.2. The Morgan fingerprint density at radius 3 is 2.38 bits per heavy atom. The zero-order valence-electron chi connectivity index (χ0n) is 17.3. The van der Waals surface area contributed by atoms with Gasteiger partial charge in [-0.15, -0.1) is 12.4 Å². The summed E-state index contributed by atoms with van der Waals surface area (Å²) in [6.45, 7) is 6.29. The van der Waals surface area contributed by atoms with E-state index in [9.17, 15) is 9.59 Å². The number of nitrogens with zero attached hydrogens (tertiary/aromatic N) is 2. The summed E-state index contributed by atoms with van der Waals surface area (Å²) >= 11 is 0. The van der Waals surface area contributed by atoms with Crippen LogP contribution in [0.15, 0.2) is 30.3 Å². The van der Waals surface area contributed by atoms with Crippen LogP contribution in [0.5, 0.6) is 5.75 Å². The number of rotatable bonds is 7. The molecule has 29 heavy (non-hydrogen) atoms. The highest BCUT2D eigenvalue weighted by Gasteiger charge is 2.33. The van der Waals surface area contributed by atoms with E-state index < -0.39 is 0 Å². The van der Waals surface area contributed by atoms with Gasteiger partial charge in [0.1, 0.15) is 5.75 Å². The molecule has 0 spiro atoms. The molecule has 162 valence electrons. The summed E-state index contributed by atoms with van der Waals surface area (Å²) in [6.07, 6.45) is 4.58. The first-order valence-corrected chi connectivity index (χ1v) is 10.7. The summed E-state index contributed by atoms with van der Waals surface area (Å²) in [6, 6.07) is 9.76. The number of halogens is 1. The highest BCUT2D eigenvalue weighted by atomic mass is 35.5. The third-order valence-corrected chi connectivity index (χ3v) is 5.80. The van der Waals surface area contributed by atoms with Crippen LogP contribution in [0, 0.1) is 5.92 Å². The lowest BCUT2D eigenvalue weighted by molar-refractivity contribution is -0.143. The summed E-state index contributed by atoms with van der Waals surface area (Å²) in [5.41, 5.74) is 0. The molecule has 2 fully saturated rings. The number of likely N-dealkylation sites (tertiary alicyclic amines) is 1. The second-order valence-corrected chi connectivity index (χ2v) is 7.77. The Bertz CT molecular complexity index is 629. The zero-order chi connectivity index (χ0) is 19.8. The largest absolute Gasteiger partial charge is 0.484 e. The normalized spacial score (nSPS) is 18.0. The molecule has 2 heterocycles. The molecule has 0 aromatic heterocycles. The number of ether oxygens (including phenoxy) is 1. The zero-order valence-corrected chi connectivity index (χ0v) is 18.2. The fourth-order valence-corrected chi connectivity index (χ4v) is 4.20. The van der Waals surface area contributed by atoms with Crippen molar-refractivity contribution in [3.8, 4) is 5.75 Å². The van der Waals surface area contributed by atoms with Crippen LogP contribution in [0.1, 0.15) is 39.0 Å². The van der Waals surface area contributed by atoms with Gasteiger partial charge in [0.05, 0.1) is 0 Å². The van der Waals surface area contributed by atoms with Crippen LogP contribution in [0.25, 0.3) is 0 Å². The lowest BCUT2D eigenvalue weighted by Gasteiger charge is -2.39. The van der Waals surface area contributed by atoms with Crippen molar-refractivity contribution in [1.29, 1.82) is 0 Å². The summed E-state index contributed by atoms with van der Waals surface area (Å²) in [5.74, 6) is 1.04. The van der Waals surface area contributed by atoms with E-state index in [4.69, 9.17) is 4.74 Å². The van der Waals surface area contributed by atoms with Crippen molar-refractivity contribution in [3.05, 3.63) is 30.3 Å². The fraction of sp³-hybridized carbons (Fsp3) is 0.636. The third kappa shape index (κ3) is 6.61. The van der Waals surface area contributed by atoms with E-state index in [1.54, 1.807) is 0 Å². The molecule has 0 unspecified atom stereocenters. The monoisotopic (exact) mass is 423 g/mol. The van der Waals surface area contributed by atoms with Crippen LogP contribution in [-0.2, 0) is 9.59 Å². The van der Waals surface area contributed by atoms with E-state index >= 15 is 0 Å². The molecular weight excluding hydrogens is 390 g/mol. The van der Waals surface area contributed by atoms with Crippen molar-refractivity contribution >= 4 is 24.2 Å². The van der Waals surface area contributed by atoms with E-state index in [1.807, 2.05) is 35.2 Å². The molecule has 1 aromatic rings. The minimum absolute atomic E-state index is 0. The van der Waals surface area contributed by atoms with Gasteiger partial charge in [0.25, 0.3) is 5.91 Å². The molecule has 1 N–H and O–H groups in total. The number of nitrogens with one attached hydrogen (secondary N) is 1. The Morgan fingerprint density at radius 2 is 1.76 bits per heavy atom. The molecule has 2 amide bonds. The molecule has 1 aromatic carbocycles. The van der Waals surface area contributed by atoms with Crippen molar-refractivity contribution in [2.24, 2.45) is 5.92 Å². The van der Waals surface area contributed by atoms with Gasteiger partial charge in [0.15, 0.2) is 6.61 Å². The minimum atomic E-state index is -0.00137. The Balaban J connectivity index is 0.00000300. The molecule has 0 saturated carbocycles. The number of piperidine rings is 2. The van der Waals surface area contributed by atoms with Crippen molar-refractivity contribution in [2.45, 2.75) is 45.1 Å². The number of hydrogen-bond donors (Lipinski definition) is 1. The first-order valence-electron chi connectivity index (χ1n) is 10.7. The Morgan fingerprint density at radius 1 is 1.10 bits per heavy atom. The number of benzene rings is 1. The Hall–Kier alpha value is -1.79. The highest BCUT2D eigenvalue weighted by molar-refractivity contribution is 5.85. The number of amides is 2. The van der Waals surface area contributed by atoms with Gasteiger partial charge in [0, 0.05) is 31.6 Å². The van der Waals surface area contributed by atoms with Gasteiger partial charge < -0.3 is 19.9 Å². The molecule has 7 heteroatoms. The molecule has 0 bridgehead atoms. The van der Waals surface area contributed by atoms with Crippen LogP contribution in [0.4, 0.5) is 0 Å². The van der Waals surface area contributed by atoms with Gasteiger partial charge in [-0.05, 0) is 57.3 Å². The standard InChI is InChI=1S/C22H33N3O3.ClH/c1-2-14-25(19-8-12-23-13-9-19)22(27)18-10-15-24(16-11-18)21(26)17-28-20-6-4-3-5-7-20;/h3-7,18-19,23H,2,8-17H2,1H3;1H. The summed E-state index contributed by atoms with van der Waals surface area (Å²) in [4.78, 5) is 29.5. The lowest BCUT2D eigenvalue weighted by atomic mass is 9.93. The Kier molecular flexibility index (Phi) is 9.74. The summed E-state index contributed by atoms with van der Waals surface area (Å²) in [7, 11) is 0. The highest BCUT2D eigenvalue weighted by Crippen LogP contribution is 2.23. The number of carbonyl (C=O) groups excluding carboxylic acids is 2. The number of hydrogen-bond acceptors (Lipinski definition) is 4. The average Bonchev–Trinajstić information content (AvgIpc) is 2.77. The predicted octanol–water partition coefficient (Wildman–Crippen LogP) is 2.72. The quantitative estimate of drug-likeness (QED) is 0.732. The van der Waals surface area contributed by atoms with Crippen LogP contribution >= 0.6 is 12.4 Å². The maximum Gasteiger partial charge on any atom is 0.260 e. The van der Waals surface area contributed by atoms with Crippen molar-refractivity contribution in [1.82, 2.24) is 15.1 Å².